The summed E-state index contributed by atoms with van der Waals surface area (Å²) in [6, 6.07) is 1.65. The van der Waals surface area contributed by atoms with Crippen molar-refractivity contribution in [3.63, 3.8) is 0 Å². The quantitative estimate of drug-likeness (QED) is 0.612. The maximum absolute atomic E-state index is 5.51. The maximum Gasteiger partial charge on any atom is 0.218 e. The summed E-state index contributed by atoms with van der Waals surface area (Å²) in [5.41, 5.74) is 5.34. The van der Waals surface area contributed by atoms with E-state index in [1.807, 2.05) is 12.4 Å². The number of ether oxygens (including phenoxy) is 1. The first-order chi connectivity index (χ1) is 8.29. The summed E-state index contributed by atoms with van der Waals surface area (Å²) in [6.07, 6.45) is 2.23. The number of nitrogen functional groups attached to an aromatic ring is 1. The van der Waals surface area contributed by atoms with E-state index in [4.69, 9.17) is 10.6 Å². The number of nitrogens with zero attached hydrogens (tertiary/aromatic N) is 3. The second-order valence-electron chi connectivity index (χ2n) is 3.35. The molecule has 0 saturated heterocycles. The third-order valence-electron chi connectivity index (χ3n) is 2.21. The van der Waals surface area contributed by atoms with E-state index in [1.54, 1.807) is 17.4 Å². The van der Waals surface area contributed by atoms with Crippen LogP contribution in [0.15, 0.2) is 17.9 Å². The fourth-order valence-corrected chi connectivity index (χ4v) is 2.07. The number of anilines is 1. The van der Waals surface area contributed by atoms with Gasteiger partial charge in [0.1, 0.15) is 12.1 Å². The largest absolute Gasteiger partial charge is 0.477 e. The Morgan fingerprint density at radius 1 is 1.41 bits per heavy atom. The number of nitrogens with one attached hydrogen (secondary N) is 1. The van der Waals surface area contributed by atoms with Crippen LogP contribution in [0.3, 0.4) is 0 Å². The lowest BCUT2D eigenvalue weighted by molar-refractivity contribution is 0.310. The van der Waals surface area contributed by atoms with Crippen LogP contribution in [0.1, 0.15) is 10.6 Å². The summed E-state index contributed by atoms with van der Waals surface area (Å²) in [5, 5.41) is 0. The van der Waals surface area contributed by atoms with Gasteiger partial charge in [-0.2, -0.15) is 0 Å². The van der Waals surface area contributed by atoms with E-state index in [2.05, 4.69) is 20.4 Å². The minimum atomic E-state index is 0.509. The van der Waals surface area contributed by atoms with Crippen molar-refractivity contribution in [1.29, 1.82) is 0 Å². The molecule has 0 aliphatic rings. The van der Waals surface area contributed by atoms with E-state index >= 15 is 0 Å². The van der Waals surface area contributed by atoms with Crippen LogP contribution < -0.4 is 16.0 Å². The Morgan fingerprint density at radius 2 is 2.29 bits per heavy atom. The SMILES string of the molecule is Cc1ncsc1CCOc1cc(NN)ncn1. The summed E-state index contributed by atoms with van der Waals surface area (Å²) in [7, 11) is 0. The second kappa shape index (κ2) is 5.55. The van der Waals surface area contributed by atoms with Crippen LogP contribution in [0, 0.1) is 6.92 Å². The monoisotopic (exact) mass is 251 g/mol. The molecule has 0 atom stereocenters. The topological polar surface area (TPSA) is 86.0 Å². The molecular weight excluding hydrogens is 238 g/mol. The highest BCUT2D eigenvalue weighted by Crippen LogP contribution is 2.14. The van der Waals surface area contributed by atoms with Gasteiger partial charge in [-0.05, 0) is 6.92 Å². The highest BCUT2D eigenvalue weighted by atomic mass is 32.1. The Kier molecular flexibility index (Phi) is 3.84. The van der Waals surface area contributed by atoms with Crippen molar-refractivity contribution in [2.75, 3.05) is 12.0 Å². The predicted molar refractivity (Wildman–Crippen MR) is 65.9 cm³/mol. The molecule has 2 heterocycles. The third-order valence-corrected chi connectivity index (χ3v) is 3.21. The van der Waals surface area contributed by atoms with Gasteiger partial charge in [0.2, 0.25) is 5.88 Å². The van der Waals surface area contributed by atoms with E-state index in [9.17, 15) is 0 Å². The molecule has 17 heavy (non-hydrogen) atoms. The molecule has 7 heteroatoms. The van der Waals surface area contributed by atoms with Crippen molar-refractivity contribution in [2.45, 2.75) is 13.3 Å². The summed E-state index contributed by atoms with van der Waals surface area (Å²) in [5.74, 6) is 6.28. The zero-order chi connectivity index (χ0) is 12.1. The smallest absolute Gasteiger partial charge is 0.218 e. The fourth-order valence-electron chi connectivity index (χ4n) is 1.31. The minimum absolute atomic E-state index is 0.509. The van der Waals surface area contributed by atoms with Crippen molar-refractivity contribution in [3.8, 4) is 5.88 Å². The Balaban J connectivity index is 1.87. The molecule has 0 spiro atoms. The number of aryl methyl sites for hydroxylation is 1. The minimum Gasteiger partial charge on any atom is -0.477 e. The van der Waals surface area contributed by atoms with E-state index in [0.717, 1.165) is 12.1 Å². The second-order valence-corrected chi connectivity index (χ2v) is 4.28. The van der Waals surface area contributed by atoms with Gasteiger partial charge in [-0.25, -0.2) is 20.8 Å². The molecule has 0 bridgehead atoms. The van der Waals surface area contributed by atoms with Crippen molar-refractivity contribution >= 4 is 17.2 Å². The van der Waals surface area contributed by atoms with Crippen LogP contribution in [0.4, 0.5) is 5.82 Å². The van der Waals surface area contributed by atoms with Gasteiger partial charge in [-0.3, -0.25) is 0 Å². The molecule has 0 radical (unpaired) electrons. The summed E-state index contributed by atoms with van der Waals surface area (Å²) in [6.45, 7) is 2.55. The van der Waals surface area contributed by atoms with E-state index in [-0.39, 0.29) is 0 Å². The Bertz CT molecular complexity index is 487. The number of nitrogens with two attached hydrogens (primary N) is 1. The van der Waals surface area contributed by atoms with Crippen molar-refractivity contribution in [1.82, 2.24) is 15.0 Å². The molecule has 2 rings (SSSR count). The van der Waals surface area contributed by atoms with Gasteiger partial charge in [0.15, 0.2) is 0 Å². The Hall–Kier alpha value is -1.73. The average Bonchev–Trinajstić information content (AvgIpc) is 2.76. The van der Waals surface area contributed by atoms with E-state index in [1.165, 1.54) is 11.2 Å². The third kappa shape index (κ3) is 3.11. The van der Waals surface area contributed by atoms with Crippen LogP contribution in [0.2, 0.25) is 0 Å². The van der Waals surface area contributed by atoms with Gasteiger partial charge >= 0.3 is 0 Å². The average molecular weight is 251 g/mol. The summed E-state index contributed by atoms with van der Waals surface area (Å²) in [4.78, 5) is 13.3. The fraction of sp³-hybridized carbons (Fsp3) is 0.300. The molecule has 90 valence electrons. The van der Waals surface area contributed by atoms with Crippen LogP contribution in [0.25, 0.3) is 0 Å². The van der Waals surface area contributed by atoms with Gasteiger partial charge < -0.3 is 10.2 Å². The lowest BCUT2D eigenvalue weighted by Crippen LogP contribution is -2.09. The van der Waals surface area contributed by atoms with Gasteiger partial charge in [-0.1, -0.05) is 0 Å². The number of thiazole rings is 1. The predicted octanol–water partition coefficient (Wildman–Crippen LogP) is 1.15. The van der Waals surface area contributed by atoms with Gasteiger partial charge in [0.25, 0.3) is 0 Å². The molecule has 3 N–H and O–H groups in total. The van der Waals surface area contributed by atoms with Crippen LogP contribution in [-0.4, -0.2) is 21.6 Å². The Morgan fingerprint density at radius 3 is 3.00 bits per heavy atom. The summed E-state index contributed by atoms with van der Waals surface area (Å²) < 4.78 is 5.51. The molecule has 0 aromatic carbocycles. The zero-order valence-corrected chi connectivity index (χ0v) is 10.2. The van der Waals surface area contributed by atoms with Gasteiger partial charge in [-0.15, -0.1) is 11.3 Å². The van der Waals surface area contributed by atoms with Crippen molar-refractivity contribution in [2.24, 2.45) is 5.84 Å². The molecule has 0 unspecified atom stereocenters. The Labute approximate surface area is 103 Å². The zero-order valence-electron chi connectivity index (χ0n) is 9.38. The van der Waals surface area contributed by atoms with Gasteiger partial charge in [0, 0.05) is 17.4 Å². The van der Waals surface area contributed by atoms with E-state index in [0.29, 0.717) is 18.3 Å². The van der Waals surface area contributed by atoms with Crippen LogP contribution in [-0.2, 0) is 6.42 Å². The van der Waals surface area contributed by atoms with Crippen LogP contribution in [0.5, 0.6) is 5.88 Å². The first-order valence-electron chi connectivity index (χ1n) is 5.10. The molecule has 0 amide bonds. The number of hydrogen-bond acceptors (Lipinski definition) is 7. The van der Waals surface area contributed by atoms with Gasteiger partial charge in [0.05, 0.1) is 17.8 Å². The highest BCUT2D eigenvalue weighted by molar-refractivity contribution is 7.09. The van der Waals surface area contributed by atoms with Crippen molar-refractivity contribution < 1.29 is 4.74 Å². The molecular formula is C10H13N5OS. The lowest BCUT2D eigenvalue weighted by atomic mass is 10.3. The number of hydrazine groups is 1. The molecule has 0 aliphatic heterocycles. The molecule has 0 fully saturated rings. The molecule has 0 saturated carbocycles. The number of rotatable bonds is 5. The molecule has 0 aliphatic carbocycles. The summed E-state index contributed by atoms with van der Waals surface area (Å²) >= 11 is 1.64. The lowest BCUT2D eigenvalue weighted by Gasteiger charge is -2.05. The van der Waals surface area contributed by atoms with E-state index < -0.39 is 0 Å². The standard InChI is InChI=1S/C10H13N5OS/c1-7-8(17-6-14-7)2-3-16-10-4-9(15-11)12-5-13-10/h4-6H,2-3,11H2,1H3,(H,12,13,15). The maximum atomic E-state index is 5.51. The normalized spacial score (nSPS) is 10.2. The molecule has 6 nitrogen and oxygen atoms in total. The number of aromatic nitrogens is 3. The molecule has 2 aromatic heterocycles. The first kappa shape index (κ1) is 11.7. The van der Waals surface area contributed by atoms with Crippen molar-refractivity contribution in [3.05, 3.63) is 28.5 Å². The molecule has 2 aromatic rings. The first-order valence-corrected chi connectivity index (χ1v) is 5.98. The highest BCUT2D eigenvalue weighted by Gasteiger charge is 2.03. The van der Waals surface area contributed by atoms with Crippen LogP contribution >= 0.6 is 11.3 Å². The number of hydrogen-bond donors (Lipinski definition) is 2.